The van der Waals surface area contributed by atoms with Crippen LogP contribution in [-0.4, -0.2) is 22.7 Å². The molecule has 0 aliphatic heterocycles. The summed E-state index contributed by atoms with van der Waals surface area (Å²) in [5.41, 5.74) is 1.82. The van der Waals surface area contributed by atoms with Crippen LogP contribution in [0.1, 0.15) is 25.3 Å². The Morgan fingerprint density at radius 3 is 3.00 bits per heavy atom. The fraction of sp³-hybridized carbons (Fsp3) is 0.286. The number of carbonyl (C=O) groups excluding carboxylic acids is 1. The van der Waals surface area contributed by atoms with Crippen LogP contribution in [0.3, 0.4) is 0 Å². The summed E-state index contributed by atoms with van der Waals surface area (Å²) in [5, 5.41) is 9.04. The monoisotopic (exact) mass is 259 g/mol. The van der Waals surface area contributed by atoms with E-state index in [1.54, 1.807) is 6.20 Å². The van der Waals surface area contributed by atoms with Crippen LogP contribution in [0.5, 0.6) is 5.75 Å². The van der Waals surface area contributed by atoms with Crippen LogP contribution in [0.25, 0.3) is 0 Å². The van der Waals surface area contributed by atoms with Crippen LogP contribution in [0, 0.1) is 0 Å². The first-order valence-electron chi connectivity index (χ1n) is 6.16. The van der Waals surface area contributed by atoms with E-state index in [9.17, 15) is 4.79 Å². The van der Waals surface area contributed by atoms with Crippen LogP contribution < -0.4 is 10.1 Å². The van der Waals surface area contributed by atoms with Gasteiger partial charge in [-0.15, -0.1) is 0 Å². The van der Waals surface area contributed by atoms with Crippen molar-refractivity contribution in [2.75, 3.05) is 11.9 Å². The number of nitrogens with one attached hydrogen (secondary N) is 2. The molecule has 0 unspecified atom stereocenters. The number of hydrogen-bond donors (Lipinski definition) is 2. The molecule has 19 heavy (non-hydrogen) atoms. The molecule has 2 N–H and O–H groups in total. The molecule has 100 valence electrons. The average molecular weight is 259 g/mol. The first-order chi connectivity index (χ1) is 9.15. The number of nitrogens with zero attached hydrogens (tertiary/aromatic N) is 1. The highest BCUT2D eigenvalue weighted by Crippen LogP contribution is 2.20. The predicted molar refractivity (Wildman–Crippen MR) is 73.2 cm³/mol. The summed E-state index contributed by atoms with van der Waals surface area (Å²) in [7, 11) is 0. The van der Waals surface area contributed by atoms with Crippen molar-refractivity contribution in [2.24, 2.45) is 0 Å². The molecule has 0 aliphatic carbocycles. The molecule has 0 aliphatic rings. The van der Waals surface area contributed by atoms with Crippen LogP contribution >= 0.6 is 0 Å². The Hall–Kier alpha value is -2.30. The van der Waals surface area contributed by atoms with Crippen LogP contribution in [0.4, 0.5) is 5.69 Å². The van der Waals surface area contributed by atoms with E-state index in [0.717, 1.165) is 0 Å². The lowest BCUT2D eigenvalue weighted by molar-refractivity contribution is -0.118. The Morgan fingerprint density at radius 2 is 2.32 bits per heavy atom. The normalized spacial score (nSPS) is 10.5. The second kappa shape index (κ2) is 6.04. The molecule has 2 aromatic rings. The van der Waals surface area contributed by atoms with Gasteiger partial charge in [0, 0.05) is 6.20 Å². The first kappa shape index (κ1) is 13.1. The second-order valence-corrected chi connectivity index (χ2v) is 4.55. The molecule has 0 fully saturated rings. The molecule has 0 atom stereocenters. The van der Waals surface area contributed by atoms with E-state index in [4.69, 9.17) is 4.74 Å². The lowest BCUT2D eigenvalue weighted by Crippen LogP contribution is -2.19. The molecule has 1 amide bonds. The molecular weight excluding hydrogens is 242 g/mol. The smallest absolute Gasteiger partial charge is 0.262 e. The molecule has 5 heteroatoms. The topological polar surface area (TPSA) is 67.0 Å². The number of amides is 1. The molecule has 0 spiro atoms. The molecule has 1 aromatic carbocycles. The molecular formula is C14H17N3O2. The van der Waals surface area contributed by atoms with Crippen molar-refractivity contribution < 1.29 is 9.53 Å². The van der Waals surface area contributed by atoms with Crippen LogP contribution in [-0.2, 0) is 4.79 Å². The van der Waals surface area contributed by atoms with E-state index >= 15 is 0 Å². The minimum atomic E-state index is -0.212. The molecule has 5 nitrogen and oxygen atoms in total. The maximum atomic E-state index is 11.6. The Kier molecular flexibility index (Phi) is 4.18. The number of aromatic nitrogens is 2. The standard InChI is InChI=1S/C14H17N3O2/c1-10(2)11-4-3-5-13(6-11)19-9-14(18)17-12-7-15-16-8-12/h3-8,10H,9H2,1-2H3,(H,15,16)(H,17,18). The van der Waals surface area contributed by atoms with E-state index in [1.807, 2.05) is 24.3 Å². The van der Waals surface area contributed by atoms with Crippen molar-refractivity contribution in [3.63, 3.8) is 0 Å². The molecule has 0 radical (unpaired) electrons. The van der Waals surface area contributed by atoms with Gasteiger partial charge < -0.3 is 10.1 Å². The van der Waals surface area contributed by atoms with E-state index in [2.05, 4.69) is 29.4 Å². The van der Waals surface area contributed by atoms with E-state index < -0.39 is 0 Å². The van der Waals surface area contributed by atoms with E-state index in [-0.39, 0.29) is 12.5 Å². The van der Waals surface area contributed by atoms with Gasteiger partial charge in [-0.05, 0) is 23.6 Å². The Labute approximate surface area is 112 Å². The van der Waals surface area contributed by atoms with Crippen LogP contribution in [0.15, 0.2) is 36.7 Å². The summed E-state index contributed by atoms with van der Waals surface area (Å²) in [4.78, 5) is 11.6. The van der Waals surface area contributed by atoms with E-state index in [1.165, 1.54) is 11.8 Å². The largest absolute Gasteiger partial charge is 0.484 e. The van der Waals surface area contributed by atoms with Crippen molar-refractivity contribution in [2.45, 2.75) is 19.8 Å². The third-order valence-corrected chi connectivity index (χ3v) is 2.68. The highest BCUT2D eigenvalue weighted by atomic mass is 16.5. The van der Waals surface area contributed by atoms with Gasteiger partial charge in [0.05, 0.1) is 11.9 Å². The zero-order chi connectivity index (χ0) is 13.7. The maximum absolute atomic E-state index is 11.6. The molecule has 0 saturated heterocycles. The number of rotatable bonds is 5. The minimum absolute atomic E-state index is 0.0211. The third-order valence-electron chi connectivity index (χ3n) is 2.68. The summed E-state index contributed by atoms with van der Waals surface area (Å²) in [6.45, 7) is 4.21. The van der Waals surface area contributed by atoms with Gasteiger partial charge in [0.15, 0.2) is 6.61 Å². The molecule has 1 heterocycles. The van der Waals surface area contributed by atoms with Crippen molar-refractivity contribution in [1.82, 2.24) is 10.2 Å². The lowest BCUT2D eigenvalue weighted by Gasteiger charge is -2.09. The second-order valence-electron chi connectivity index (χ2n) is 4.55. The van der Waals surface area contributed by atoms with Crippen LogP contribution in [0.2, 0.25) is 0 Å². The quantitative estimate of drug-likeness (QED) is 0.867. The van der Waals surface area contributed by atoms with Gasteiger partial charge >= 0.3 is 0 Å². The number of benzene rings is 1. The Balaban J connectivity index is 1.88. The number of hydrogen-bond acceptors (Lipinski definition) is 3. The zero-order valence-electron chi connectivity index (χ0n) is 11.0. The molecule has 0 saturated carbocycles. The number of carbonyl (C=O) groups is 1. The van der Waals surface area contributed by atoms with Gasteiger partial charge in [0.1, 0.15) is 5.75 Å². The zero-order valence-corrected chi connectivity index (χ0v) is 11.0. The van der Waals surface area contributed by atoms with E-state index in [0.29, 0.717) is 17.4 Å². The van der Waals surface area contributed by atoms with Crippen molar-refractivity contribution in [3.8, 4) is 5.75 Å². The van der Waals surface area contributed by atoms with Crippen molar-refractivity contribution in [3.05, 3.63) is 42.2 Å². The number of anilines is 1. The van der Waals surface area contributed by atoms with Gasteiger partial charge in [-0.1, -0.05) is 26.0 Å². The number of H-pyrrole nitrogens is 1. The summed E-state index contributed by atoms with van der Waals surface area (Å²) in [5.74, 6) is 0.924. The highest BCUT2D eigenvalue weighted by Gasteiger charge is 2.05. The fourth-order valence-corrected chi connectivity index (χ4v) is 1.63. The summed E-state index contributed by atoms with van der Waals surface area (Å²) >= 11 is 0. The molecule has 1 aromatic heterocycles. The highest BCUT2D eigenvalue weighted by molar-refractivity contribution is 5.91. The van der Waals surface area contributed by atoms with Gasteiger partial charge in [-0.2, -0.15) is 5.10 Å². The first-order valence-corrected chi connectivity index (χ1v) is 6.16. The number of aromatic amines is 1. The summed E-state index contributed by atoms with van der Waals surface area (Å²) in [6.07, 6.45) is 3.15. The Bertz CT molecular complexity index is 535. The average Bonchev–Trinajstić information content (AvgIpc) is 2.89. The molecule has 2 rings (SSSR count). The number of ether oxygens (including phenoxy) is 1. The SMILES string of the molecule is CC(C)c1cccc(OCC(=O)Nc2cn[nH]c2)c1. The van der Waals surface area contributed by atoms with Gasteiger partial charge in [-0.25, -0.2) is 0 Å². The predicted octanol–water partition coefficient (Wildman–Crippen LogP) is 2.55. The van der Waals surface area contributed by atoms with Gasteiger partial charge in [0.25, 0.3) is 5.91 Å². The van der Waals surface area contributed by atoms with Gasteiger partial charge in [0.2, 0.25) is 0 Å². The summed E-state index contributed by atoms with van der Waals surface area (Å²) < 4.78 is 5.46. The van der Waals surface area contributed by atoms with Crippen molar-refractivity contribution >= 4 is 11.6 Å². The third kappa shape index (κ3) is 3.84. The fourth-order valence-electron chi connectivity index (χ4n) is 1.63. The van der Waals surface area contributed by atoms with Gasteiger partial charge in [-0.3, -0.25) is 9.89 Å². The maximum Gasteiger partial charge on any atom is 0.262 e. The van der Waals surface area contributed by atoms with Crippen molar-refractivity contribution in [1.29, 1.82) is 0 Å². The molecule has 0 bridgehead atoms. The summed E-state index contributed by atoms with van der Waals surface area (Å²) in [6, 6.07) is 7.77. The Morgan fingerprint density at radius 1 is 1.47 bits per heavy atom. The minimum Gasteiger partial charge on any atom is -0.484 e. The lowest BCUT2D eigenvalue weighted by atomic mass is 10.0.